The van der Waals surface area contributed by atoms with Crippen LogP contribution in [0.2, 0.25) is 0 Å². The van der Waals surface area contributed by atoms with Crippen LogP contribution >= 0.6 is 0 Å². The Balaban J connectivity index is 2.43. The molecule has 0 aromatic rings. The van der Waals surface area contributed by atoms with Crippen molar-refractivity contribution < 1.29 is 19.4 Å². The normalized spacial score (nSPS) is 19.9. The van der Waals surface area contributed by atoms with Gasteiger partial charge in [-0.05, 0) is 19.3 Å². The van der Waals surface area contributed by atoms with Gasteiger partial charge in [0.2, 0.25) is 0 Å². The fourth-order valence-corrected chi connectivity index (χ4v) is 2.12. The molecule has 6 heteroatoms. The van der Waals surface area contributed by atoms with Gasteiger partial charge in [0.1, 0.15) is 0 Å². The first-order chi connectivity index (χ1) is 9.04. The standard InChI is InChI=1S/C13H24N2O4/c1-3-11-10-15(8-5-9-19-11)13(18)14(2)7-4-6-12(16)17/h11H,3-10H2,1-2H3,(H,16,17). The van der Waals surface area contributed by atoms with Crippen LogP contribution in [0.25, 0.3) is 0 Å². The van der Waals surface area contributed by atoms with E-state index in [0.29, 0.717) is 32.7 Å². The number of amides is 2. The minimum absolute atomic E-state index is 0.0330. The molecule has 1 rings (SSSR count). The Bertz CT molecular complexity index is 309. The van der Waals surface area contributed by atoms with Gasteiger partial charge >= 0.3 is 12.0 Å². The van der Waals surface area contributed by atoms with Gasteiger partial charge in [-0.25, -0.2) is 4.79 Å². The first-order valence-electron chi connectivity index (χ1n) is 6.88. The molecule has 0 spiro atoms. The zero-order chi connectivity index (χ0) is 14.3. The van der Waals surface area contributed by atoms with E-state index in [4.69, 9.17) is 9.84 Å². The summed E-state index contributed by atoms with van der Waals surface area (Å²) in [7, 11) is 1.72. The van der Waals surface area contributed by atoms with Gasteiger partial charge in [-0.2, -0.15) is 0 Å². The molecule has 6 nitrogen and oxygen atoms in total. The van der Waals surface area contributed by atoms with Crippen LogP contribution in [0, 0.1) is 0 Å². The molecule has 1 fully saturated rings. The number of carboxylic acid groups (broad SMARTS) is 1. The third-order valence-corrected chi connectivity index (χ3v) is 3.29. The van der Waals surface area contributed by atoms with Crippen molar-refractivity contribution in [1.82, 2.24) is 9.80 Å². The molecule has 0 aromatic heterocycles. The zero-order valence-corrected chi connectivity index (χ0v) is 11.8. The van der Waals surface area contributed by atoms with E-state index in [2.05, 4.69) is 6.92 Å². The number of nitrogens with zero attached hydrogens (tertiary/aromatic N) is 2. The van der Waals surface area contributed by atoms with E-state index in [1.807, 2.05) is 4.90 Å². The van der Waals surface area contributed by atoms with E-state index >= 15 is 0 Å². The average molecular weight is 272 g/mol. The topological polar surface area (TPSA) is 70.1 Å². The van der Waals surface area contributed by atoms with Gasteiger partial charge in [-0.1, -0.05) is 6.92 Å². The highest BCUT2D eigenvalue weighted by Crippen LogP contribution is 2.11. The van der Waals surface area contributed by atoms with Crippen molar-refractivity contribution in [1.29, 1.82) is 0 Å². The first-order valence-corrected chi connectivity index (χ1v) is 6.88. The summed E-state index contributed by atoms with van der Waals surface area (Å²) in [5, 5.41) is 8.59. The minimum Gasteiger partial charge on any atom is -0.481 e. The molecular weight excluding hydrogens is 248 g/mol. The monoisotopic (exact) mass is 272 g/mol. The molecule has 1 atom stereocenters. The summed E-state index contributed by atoms with van der Waals surface area (Å²) in [6.45, 7) is 4.55. The zero-order valence-electron chi connectivity index (χ0n) is 11.8. The van der Waals surface area contributed by atoms with E-state index in [1.54, 1.807) is 11.9 Å². The summed E-state index contributed by atoms with van der Waals surface area (Å²) in [5.41, 5.74) is 0. The Kier molecular flexibility index (Phi) is 6.62. The SMILES string of the molecule is CCC1CN(C(=O)N(C)CCCC(=O)O)CCCO1. The summed E-state index contributed by atoms with van der Waals surface area (Å²) in [5.74, 6) is -0.824. The maximum atomic E-state index is 12.2. The van der Waals surface area contributed by atoms with Gasteiger partial charge in [-0.15, -0.1) is 0 Å². The molecule has 1 unspecified atom stereocenters. The number of hydrogen-bond donors (Lipinski definition) is 1. The quantitative estimate of drug-likeness (QED) is 0.821. The lowest BCUT2D eigenvalue weighted by Crippen LogP contribution is -2.44. The van der Waals surface area contributed by atoms with E-state index in [0.717, 1.165) is 12.8 Å². The van der Waals surface area contributed by atoms with Crippen LogP contribution in [-0.2, 0) is 9.53 Å². The van der Waals surface area contributed by atoms with Crippen LogP contribution < -0.4 is 0 Å². The summed E-state index contributed by atoms with van der Waals surface area (Å²) in [4.78, 5) is 26.1. The lowest BCUT2D eigenvalue weighted by Gasteiger charge is -2.28. The molecule has 0 bridgehead atoms. The van der Waals surface area contributed by atoms with Gasteiger partial charge in [-0.3, -0.25) is 4.79 Å². The van der Waals surface area contributed by atoms with Crippen LogP contribution in [0.4, 0.5) is 4.79 Å². The highest BCUT2D eigenvalue weighted by Gasteiger charge is 2.23. The maximum absolute atomic E-state index is 12.2. The number of hydrogen-bond acceptors (Lipinski definition) is 3. The second-order valence-corrected chi connectivity index (χ2v) is 4.90. The lowest BCUT2D eigenvalue weighted by molar-refractivity contribution is -0.137. The molecule has 0 aromatic carbocycles. The fraction of sp³-hybridized carbons (Fsp3) is 0.846. The molecule has 1 saturated heterocycles. The van der Waals surface area contributed by atoms with E-state index in [-0.39, 0.29) is 18.6 Å². The van der Waals surface area contributed by atoms with Gasteiger partial charge in [0.05, 0.1) is 6.10 Å². The van der Waals surface area contributed by atoms with Crippen molar-refractivity contribution in [3.05, 3.63) is 0 Å². The Morgan fingerprint density at radius 2 is 2.21 bits per heavy atom. The number of ether oxygens (including phenoxy) is 1. The number of carbonyl (C=O) groups excluding carboxylic acids is 1. The van der Waals surface area contributed by atoms with Crippen LogP contribution in [0.3, 0.4) is 0 Å². The molecule has 0 aliphatic carbocycles. The van der Waals surface area contributed by atoms with Crippen molar-refractivity contribution in [2.75, 3.05) is 33.3 Å². The van der Waals surface area contributed by atoms with E-state index in [9.17, 15) is 9.59 Å². The number of urea groups is 1. The third kappa shape index (κ3) is 5.46. The molecule has 1 N–H and O–H groups in total. The predicted molar refractivity (Wildman–Crippen MR) is 71.1 cm³/mol. The summed E-state index contributed by atoms with van der Waals surface area (Å²) in [6.07, 6.45) is 2.44. The number of aliphatic carboxylic acids is 1. The molecular formula is C13H24N2O4. The minimum atomic E-state index is -0.824. The van der Waals surface area contributed by atoms with Gasteiger partial charge in [0.15, 0.2) is 0 Å². The van der Waals surface area contributed by atoms with Crippen molar-refractivity contribution >= 4 is 12.0 Å². The number of carboxylic acids is 1. The maximum Gasteiger partial charge on any atom is 0.319 e. The van der Waals surface area contributed by atoms with Crippen LogP contribution in [0.5, 0.6) is 0 Å². The molecule has 1 aliphatic heterocycles. The van der Waals surface area contributed by atoms with Crippen LogP contribution in [-0.4, -0.2) is 66.3 Å². The van der Waals surface area contributed by atoms with Gasteiger partial charge < -0.3 is 19.6 Å². The Hall–Kier alpha value is -1.30. The second-order valence-electron chi connectivity index (χ2n) is 4.90. The van der Waals surface area contributed by atoms with Gasteiger partial charge in [0, 0.05) is 39.7 Å². The van der Waals surface area contributed by atoms with Crippen molar-refractivity contribution in [2.24, 2.45) is 0 Å². The predicted octanol–water partition coefficient (Wildman–Crippen LogP) is 1.40. The van der Waals surface area contributed by atoms with Crippen molar-refractivity contribution in [3.63, 3.8) is 0 Å². The molecule has 1 aliphatic rings. The molecule has 0 saturated carbocycles. The van der Waals surface area contributed by atoms with Crippen molar-refractivity contribution in [2.45, 2.75) is 38.7 Å². The summed E-state index contributed by atoms with van der Waals surface area (Å²) < 4.78 is 5.63. The van der Waals surface area contributed by atoms with Gasteiger partial charge in [0.25, 0.3) is 0 Å². The molecule has 110 valence electrons. The van der Waals surface area contributed by atoms with Crippen molar-refractivity contribution in [3.8, 4) is 0 Å². The van der Waals surface area contributed by atoms with Crippen LogP contribution in [0.15, 0.2) is 0 Å². The highest BCUT2D eigenvalue weighted by molar-refractivity contribution is 5.74. The van der Waals surface area contributed by atoms with E-state index in [1.165, 1.54) is 0 Å². The molecule has 1 heterocycles. The summed E-state index contributed by atoms with van der Waals surface area (Å²) >= 11 is 0. The van der Waals surface area contributed by atoms with E-state index < -0.39 is 5.97 Å². The average Bonchev–Trinajstić information content (AvgIpc) is 2.62. The molecule has 19 heavy (non-hydrogen) atoms. The Labute approximate surface area is 114 Å². The largest absolute Gasteiger partial charge is 0.481 e. The van der Waals surface area contributed by atoms with Crippen LogP contribution in [0.1, 0.15) is 32.6 Å². The number of rotatable bonds is 5. The Morgan fingerprint density at radius 3 is 2.84 bits per heavy atom. The fourth-order valence-electron chi connectivity index (χ4n) is 2.12. The molecule has 2 amide bonds. The molecule has 0 radical (unpaired) electrons. The first kappa shape index (κ1) is 15.8. The number of carbonyl (C=O) groups is 2. The second kappa shape index (κ2) is 7.99. The lowest BCUT2D eigenvalue weighted by atomic mass is 10.2. The highest BCUT2D eigenvalue weighted by atomic mass is 16.5. The third-order valence-electron chi connectivity index (χ3n) is 3.29. The smallest absolute Gasteiger partial charge is 0.319 e. The Morgan fingerprint density at radius 1 is 1.47 bits per heavy atom. The summed E-state index contributed by atoms with van der Waals surface area (Å²) in [6, 6.07) is -0.0330.